The second kappa shape index (κ2) is 8.37. The second-order valence-corrected chi connectivity index (χ2v) is 4.57. The van der Waals surface area contributed by atoms with Crippen molar-refractivity contribution < 1.29 is 19.1 Å². The Morgan fingerprint density at radius 1 is 1.25 bits per heavy atom. The molecule has 1 rings (SSSR count). The smallest absolute Gasteiger partial charge is 0.314 e. The van der Waals surface area contributed by atoms with Gasteiger partial charge in [0.25, 0.3) is 0 Å². The molecule has 0 saturated heterocycles. The lowest BCUT2D eigenvalue weighted by Gasteiger charge is -2.08. The van der Waals surface area contributed by atoms with Crippen LogP contribution in [0.4, 0.5) is 9.18 Å². The zero-order chi connectivity index (χ0) is 15.0. The average molecular weight is 303 g/mol. The SMILES string of the molecule is O=C(O)CCCNC(=O)NCCc1ccc(F)cc1Cl. The minimum atomic E-state index is -0.891. The maximum atomic E-state index is 12.8. The first-order chi connectivity index (χ1) is 9.49. The number of carboxylic acids is 1. The molecule has 110 valence electrons. The number of aliphatic carboxylic acids is 1. The van der Waals surface area contributed by atoms with Crippen molar-refractivity contribution in [1.29, 1.82) is 0 Å². The molecular formula is C13H16ClFN2O3. The summed E-state index contributed by atoms with van der Waals surface area (Å²) in [4.78, 5) is 21.6. The Morgan fingerprint density at radius 3 is 2.60 bits per heavy atom. The van der Waals surface area contributed by atoms with Gasteiger partial charge in [0, 0.05) is 24.5 Å². The Bertz CT molecular complexity index is 483. The summed E-state index contributed by atoms with van der Waals surface area (Å²) in [6, 6.07) is 3.74. The van der Waals surface area contributed by atoms with Crippen LogP contribution < -0.4 is 10.6 Å². The van der Waals surface area contributed by atoms with Crippen molar-refractivity contribution in [2.75, 3.05) is 13.1 Å². The number of carbonyl (C=O) groups is 2. The number of halogens is 2. The number of benzene rings is 1. The van der Waals surface area contributed by atoms with Crippen LogP contribution in [0.2, 0.25) is 5.02 Å². The molecule has 5 nitrogen and oxygen atoms in total. The summed E-state index contributed by atoms with van der Waals surface area (Å²) in [6.45, 7) is 0.658. The van der Waals surface area contributed by atoms with Crippen molar-refractivity contribution in [3.8, 4) is 0 Å². The van der Waals surface area contributed by atoms with Crippen LogP contribution in [0.1, 0.15) is 18.4 Å². The van der Waals surface area contributed by atoms with Gasteiger partial charge < -0.3 is 15.7 Å². The molecule has 0 heterocycles. The second-order valence-electron chi connectivity index (χ2n) is 4.17. The number of rotatable bonds is 7. The van der Waals surface area contributed by atoms with E-state index in [9.17, 15) is 14.0 Å². The van der Waals surface area contributed by atoms with E-state index in [2.05, 4.69) is 10.6 Å². The number of hydrogen-bond donors (Lipinski definition) is 3. The molecule has 0 radical (unpaired) electrons. The van der Waals surface area contributed by atoms with Gasteiger partial charge in [0.15, 0.2) is 0 Å². The fourth-order valence-corrected chi connectivity index (χ4v) is 1.80. The zero-order valence-corrected chi connectivity index (χ0v) is 11.5. The lowest BCUT2D eigenvalue weighted by Crippen LogP contribution is -2.37. The summed E-state index contributed by atoms with van der Waals surface area (Å²) in [5.74, 6) is -1.29. The molecule has 0 saturated carbocycles. The van der Waals surface area contributed by atoms with E-state index in [-0.39, 0.29) is 12.5 Å². The van der Waals surface area contributed by atoms with E-state index in [4.69, 9.17) is 16.7 Å². The third-order valence-electron chi connectivity index (χ3n) is 2.55. The van der Waals surface area contributed by atoms with E-state index >= 15 is 0 Å². The third-order valence-corrected chi connectivity index (χ3v) is 2.90. The monoisotopic (exact) mass is 302 g/mol. The Balaban J connectivity index is 2.20. The van der Waals surface area contributed by atoms with Crippen molar-refractivity contribution in [3.63, 3.8) is 0 Å². The van der Waals surface area contributed by atoms with Crippen LogP contribution in [0.3, 0.4) is 0 Å². The van der Waals surface area contributed by atoms with Crippen molar-refractivity contribution >= 4 is 23.6 Å². The van der Waals surface area contributed by atoms with E-state index in [1.807, 2.05) is 0 Å². The van der Waals surface area contributed by atoms with Gasteiger partial charge in [-0.2, -0.15) is 0 Å². The molecular weight excluding hydrogens is 287 g/mol. The summed E-state index contributed by atoms with van der Waals surface area (Å²) in [6.07, 6.45) is 0.889. The van der Waals surface area contributed by atoms with Gasteiger partial charge in [-0.15, -0.1) is 0 Å². The topological polar surface area (TPSA) is 78.4 Å². The highest BCUT2D eigenvalue weighted by Gasteiger charge is 2.04. The van der Waals surface area contributed by atoms with Crippen LogP contribution in [0.5, 0.6) is 0 Å². The predicted molar refractivity (Wildman–Crippen MR) is 73.4 cm³/mol. The highest BCUT2D eigenvalue weighted by molar-refractivity contribution is 6.31. The first-order valence-corrected chi connectivity index (χ1v) is 6.54. The van der Waals surface area contributed by atoms with E-state index < -0.39 is 11.8 Å². The molecule has 3 N–H and O–H groups in total. The Morgan fingerprint density at radius 2 is 1.95 bits per heavy atom. The van der Waals surface area contributed by atoms with E-state index in [1.54, 1.807) is 6.07 Å². The van der Waals surface area contributed by atoms with Crippen molar-refractivity contribution in [2.45, 2.75) is 19.3 Å². The van der Waals surface area contributed by atoms with Gasteiger partial charge >= 0.3 is 12.0 Å². The van der Waals surface area contributed by atoms with E-state index in [0.29, 0.717) is 31.0 Å². The Hall–Kier alpha value is -1.82. The summed E-state index contributed by atoms with van der Waals surface area (Å²) in [7, 11) is 0. The largest absolute Gasteiger partial charge is 0.481 e. The number of carboxylic acid groups (broad SMARTS) is 1. The molecule has 0 aromatic heterocycles. The highest BCUT2D eigenvalue weighted by atomic mass is 35.5. The molecule has 0 atom stereocenters. The minimum absolute atomic E-state index is 0.0193. The van der Waals surface area contributed by atoms with Crippen LogP contribution in [0.15, 0.2) is 18.2 Å². The van der Waals surface area contributed by atoms with E-state index in [1.165, 1.54) is 12.1 Å². The van der Waals surface area contributed by atoms with E-state index in [0.717, 1.165) is 5.56 Å². The lowest BCUT2D eigenvalue weighted by atomic mass is 10.1. The average Bonchev–Trinajstić information content (AvgIpc) is 2.37. The maximum Gasteiger partial charge on any atom is 0.314 e. The number of carbonyl (C=O) groups excluding carboxylic acids is 1. The first-order valence-electron chi connectivity index (χ1n) is 6.16. The van der Waals surface area contributed by atoms with Gasteiger partial charge in [-0.25, -0.2) is 9.18 Å². The Labute approximate surface area is 121 Å². The van der Waals surface area contributed by atoms with Crippen LogP contribution in [0, 0.1) is 5.82 Å². The lowest BCUT2D eigenvalue weighted by molar-refractivity contribution is -0.137. The summed E-state index contributed by atoms with van der Waals surface area (Å²) < 4.78 is 12.8. The predicted octanol–water partition coefficient (Wildman–Crippen LogP) is 2.19. The molecule has 0 unspecified atom stereocenters. The molecule has 0 fully saturated rings. The molecule has 20 heavy (non-hydrogen) atoms. The van der Waals surface area contributed by atoms with Gasteiger partial charge in [-0.05, 0) is 30.5 Å². The third kappa shape index (κ3) is 6.38. The normalized spacial score (nSPS) is 10.1. The van der Waals surface area contributed by atoms with Crippen molar-refractivity contribution in [2.24, 2.45) is 0 Å². The van der Waals surface area contributed by atoms with Crippen LogP contribution >= 0.6 is 11.6 Å². The molecule has 0 bridgehead atoms. The highest BCUT2D eigenvalue weighted by Crippen LogP contribution is 2.17. The van der Waals surface area contributed by atoms with Gasteiger partial charge in [-0.3, -0.25) is 4.79 Å². The molecule has 2 amide bonds. The van der Waals surface area contributed by atoms with Gasteiger partial charge in [-0.1, -0.05) is 17.7 Å². The fraction of sp³-hybridized carbons (Fsp3) is 0.385. The zero-order valence-electron chi connectivity index (χ0n) is 10.8. The van der Waals surface area contributed by atoms with Crippen LogP contribution in [-0.2, 0) is 11.2 Å². The molecule has 1 aromatic rings. The van der Waals surface area contributed by atoms with Crippen LogP contribution in [0.25, 0.3) is 0 Å². The summed E-state index contributed by atoms with van der Waals surface area (Å²) in [5.41, 5.74) is 0.749. The molecule has 0 aliphatic heterocycles. The Kier molecular flexibility index (Phi) is 6.79. The number of nitrogens with one attached hydrogen (secondary N) is 2. The van der Waals surface area contributed by atoms with Crippen LogP contribution in [-0.4, -0.2) is 30.2 Å². The molecule has 0 aliphatic rings. The maximum absolute atomic E-state index is 12.8. The first kappa shape index (κ1) is 16.2. The summed E-state index contributed by atoms with van der Waals surface area (Å²) in [5, 5.41) is 13.9. The number of urea groups is 1. The van der Waals surface area contributed by atoms with Gasteiger partial charge in [0.2, 0.25) is 0 Å². The summed E-state index contributed by atoms with van der Waals surface area (Å²) >= 11 is 5.85. The molecule has 0 spiro atoms. The quantitative estimate of drug-likeness (QED) is 0.676. The van der Waals surface area contributed by atoms with Crippen molar-refractivity contribution in [1.82, 2.24) is 10.6 Å². The van der Waals surface area contributed by atoms with Crippen molar-refractivity contribution in [3.05, 3.63) is 34.6 Å². The fourth-order valence-electron chi connectivity index (χ4n) is 1.54. The molecule has 1 aromatic carbocycles. The van der Waals surface area contributed by atoms with Gasteiger partial charge in [0.1, 0.15) is 5.82 Å². The minimum Gasteiger partial charge on any atom is -0.481 e. The number of hydrogen-bond acceptors (Lipinski definition) is 2. The standard InChI is InChI=1S/C13H16ClFN2O3/c14-11-8-10(15)4-3-9(11)5-7-17-13(20)16-6-1-2-12(18)19/h3-4,8H,1-2,5-7H2,(H,18,19)(H2,16,17,20). The van der Waals surface area contributed by atoms with Gasteiger partial charge in [0.05, 0.1) is 0 Å². The molecule has 0 aliphatic carbocycles. The molecule has 7 heteroatoms. The number of amides is 2.